The Morgan fingerprint density at radius 3 is 2.79 bits per heavy atom. The molecule has 2 aromatic carbocycles. The molecule has 122 valence electrons. The zero-order valence-electron chi connectivity index (χ0n) is 12.5. The van der Waals surface area contributed by atoms with E-state index in [1.165, 1.54) is 24.3 Å². The Kier molecular flexibility index (Phi) is 4.53. The number of hydrogen-bond acceptors (Lipinski definition) is 6. The number of fused-ring (bicyclic) bond motifs is 1. The average molecular weight is 327 g/mol. The molecule has 2 aromatic rings. The molecule has 0 N–H and O–H groups in total. The first-order valence-corrected chi connectivity index (χ1v) is 7.10. The summed E-state index contributed by atoms with van der Waals surface area (Å²) in [6.07, 6.45) is 2.63. The first kappa shape index (κ1) is 15.7. The van der Waals surface area contributed by atoms with Gasteiger partial charge in [0.2, 0.25) is 0 Å². The highest BCUT2D eigenvalue weighted by Gasteiger charge is 2.19. The summed E-state index contributed by atoms with van der Waals surface area (Å²) in [5, 5.41) is 11.0. The Hall–Kier alpha value is -3.19. The first-order valence-electron chi connectivity index (χ1n) is 7.10. The van der Waals surface area contributed by atoms with Crippen LogP contribution in [0.1, 0.15) is 11.1 Å². The van der Waals surface area contributed by atoms with Gasteiger partial charge in [-0.25, -0.2) is 4.79 Å². The quantitative estimate of drug-likeness (QED) is 0.282. The monoisotopic (exact) mass is 327 g/mol. The van der Waals surface area contributed by atoms with Crippen molar-refractivity contribution in [1.82, 2.24) is 0 Å². The van der Waals surface area contributed by atoms with Crippen molar-refractivity contribution in [1.29, 1.82) is 0 Å². The summed E-state index contributed by atoms with van der Waals surface area (Å²) in [6, 6.07) is 11.4. The van der Waals surface area contributed by atoms with Crippen molar-refractivity contribution in [3.63, 3.8) is 0 Å². The molecule has 0 bridgehead atoms. The minimum atomic E-state index is -0.589. The largest absolute Gasteiger partial charge is 0.467 e. The summed E-state index contributed by atoms with van der Waals surface area (Å²) in [5.41, 5.74) is 0.887. The lowest BCUT2D eigenvalue weighted by Gasteiger charge is -2.19. The number of nitrogens with zero attached hydrogens (tertiary/aromatic N) is 1. The van der Waals surface area contributed by atoms with E-state index < -0.39 is 10.9 Å². The minimum absolute atomic E-state index is 0.0557. The maximum atomic E-state index is 11.9. The Labute approximate surface area is 137 Å². The van der Waals surface area contributed by atoms with E-state index in [2.05, 4.69) is 0 Å². The molecule has 1 heterocycles. The number of carbonyl (C=O) groups excluding carboxylic acids is 1. The van der Waals surface area contributed by atoms with Crippen LogP contribution in [0.25, 0.3) is 6.08 Å². The third kappa shape index (κ3) is 3.58. The van der Waals surface area contributed by atoms with Crippen LogP contribution in [-0.2, 0) is 16.1 Å². The van der Waals surface area contributed by atoms with E-state index in [1.807, 2.05) is 6.07 Å². The first-order chi connectivity index (χ1) is 11.6. The molecular formula is C17H13NO6. The van der Waals surface area contributed by atoms with E-state index in [-0.39, 0.29) is 19.1 Å². The van der Waals surface area contributed by atoms with Gasteiger partial charge < -0.3 is 14.2 Å². The maximum Gasteiger partial charge on any atom is 0.336 e. The lowest BCUT2D eigenvalue weighted by Crippen LogP contribution is -2.13. The van der Waals surface area contributed by atoms with E-state index in [1.54, 1.807) is 24.3 Å². The van der Waals surface area contributed by atoms with Gasteiger partial charge in [0, 0.05) is 29.3 Å². The van der Waals surface area contributed by atoms with Gasteiger partial charge in [-0.2, -0.15) is 0 Å². The van der Waals surface area contributed by atoms with Crippen molar-refractivity contribution in [2.45, 2.75) is 6.61 Å². The molecule has 7 nitrogen and oxygen atoms in total. The van der Waals surface area contributed by atoms with Crippen LogP contribution in [0.5, 0.6) is 11.5 Å². The molecule has 0 spiro atoms. The van der Waals surface area contributed by atoms with Crippen molar-refractivity contribution in [3.8, 4) is 11.5 Å². The van der Waals surface area contributed by atoms with Crippen molar-refractivity contribution < 1.29 is 23.9 Å². The molecule has 0 fully saturated rings. The van der Waals surface area contributed by atoms with Gasteiger partial charge in [-0.3, -0.25) is 10.1 Å². The van der Waals surface area contributed by atoms with E-state index >= 15 is 0 Å². The fourth-order valence-corrected chi connectivity index (χ4v) is 2.26. The predicted molar refractivity (Wildman–Crippen MR) is 84.5 cm³/mol. The minimum Gasteiger partial charge on any atom is -0.467 e. The molecule has 0 aliphatic carbocycles. The van der Waals surface area contributed by atoms with Crippen LogP contribution in [0.4, 0.5) is 5.69 Å². The van der Waals surface area contributed by atoms with Gasteiger partial charge in [-0.1, -0.05) is 18.2 Å². The Balaban J connectivity index is 1.84. The molecule has 0 atom stereocenters. The number of para-hydroxylation sites is 1. The fraction of sp³-hybridized carbons (Fsp3) is 0.118. The second-order valence-corrected chi connectivity index (χ2v) is 4.96. The number of non-ortho nitro benzene ring substituents is 1. The Morgan fingerprint density at radius 2 is 2.04 bits per heavy atom. The number of carbonyl (C=O) groups is 1. The SMILES string of the molecule is O=C(C=Cc1cc([N+](=O)[O-])cc2c1OCOC2)Oc1ccccc1. The zero-order chi connectivity index (χ0) is 16.9. The summed E-state index contributed by atoms with van der Waals surface area (Å²) in [6.45, 7) is 0.270. The normalized spacial score (nSPS) is 13.2. The molecule has 3 rings (SSSR count). The van der Waals surface area contributed by atoms with Gasteiger partial charge in [-0.15, -0.1) is 0 Å². The summed E-state index contributed by atoms with van der Waals surface area (Å²) in [4.78, 5) is 22.4. The molecule has 0 saturated heterocycles. The van der Waals surface area contributed by atoms with Gasteiger partial charge in [0.25, 0.3) is 5.69 Å². The van der Waals surface area contributed by atoms with E-state index in [0.717, 1.165) is 0 Å². The lowest BCUT2D eigenvalue weighted by molar-refractivity contribution is -0.385. The van der Waals surface area contributed by atoms with Crippen LogP contribution in [0.3, 0.4) is 0 Å². The number of ether oxygens (including phenoxy) is 3. The molecule has 0 aromatic heterocycles. The van der Waals surface area contributed by atoms with Crippen LogP contribution in [0, 0.1) is 10.1 Å². The number of rotatable bonds is 4. The van der Waals surface area contributed by atoms with Gasteiger partial charge in [0.1, 0.15) is 11.5 Å². The number of benzene rings is 2. The summed E-state index contributed by atoms with van der Waals surface area (Å²) < 4.78 is 15.7. The van der Waals surface area contributed by atoms with Gasteiger partial charge in [-0.05, 0) is 18.2 Å². The predicted octanol–water partition coefficient (Wildman–Crippen LogP) is 3.08. The number of nitro groups is 1. The number of hydrogen-bond donors (Lipinski definition) is 0. The van der Waals surface area contributed by atoms with Crippen molar-refractivity contribution in [2.75, 3.05) is 6.79 Å². The topological polar surface area (TPSA) is 87.9 Å². The van der Waals surface area contributed by atoms with Crippen LogP contribution >= 0.6 is 0 Å². The van der Waals surface area contributed by atoms with Crippen molar-refractivity contribution in [3.05, 3.63) is 69.8 Å². The highest BCUT2D eigenvalue weighted by Crippen LogP contribution is 2.33. The lowest BCUT2D eigenvalue weighted by atomic mass is 10.1. The van der Waals surface area contributed by atoms with E-state index in [9.17, 15) is 14.9 Å². The maximum absolute atomic E-state index is 11.9. The van der Waals surface area contributed by atoms with Crippen molar-refractivity contribution >= 4 is 17.7 Å². The molecule has 7 heteroatoms. The van der Waals surface area contributed by atoms with Gasteiger partial charge in [0.05, 0.1) is 11.5 Å². The highest BCUT2D eigenvalue weighted by molar-refractivity contribution is 5.89. The van der Waals surface area contributed by atoms with E-state index in [0.29, 0.717) is 22.6 Å². The fourth-order valence-electron chi connectivity index (χ4n) is 2.26. The molecular weight excluding hydrogens is 314 g/mol. The zero-order valence-corrected chi connectivity index (χ0v) is 12.5. The Morgan fingerprint density at radius 1 is 1.25 bits per heavy atom. The molecule has 0 radical (unpaired) electrons. The third-order valence-corrected chi connectivity index (χ3v) is 3.29. The van der Waals surface area contributed by atoms with Crippen LogP contribution < -0.4 is 9.47 Å². The molecule has 0 saturated carbocycles. The smallest absolute Gasteiger partial charge is 0.336 e. The third-order valence-electron chi connectivity index (χ3n) is 3.29. The molecule has 1 aliphatic rings. The molecule has 0 unspecified atom stereocenters. The highest BCUT2D eigenvalue weighted by atomic mass is 16.7. The Bertz CT molecular complexity index is 800. The second kappa shape index (κ2) is 6.93. The summed E-state index contributed by atoms with van der Waals surface area (Å²) in [5.74, 6) is 0.294. The van der Waals surface area contributed by atoms with Crippen LogP contribution in [0.2, 0.25) is 0 Å². The van der Waals surface area contributed by atoms with Crippen molar-refractivity contribution in [2.24, 2.45) is 0 Å². The molecule has 1 aliphatic heterocycles. The average Bonchev–Trinajstić information content (AvgIpc) is 2.60. The summed E-state index contributed by atoms with van der Waals surface area (Å²) >= 11 is 0. The van der Waals surface area contributed by atoms with Crippen LogP contribution in [0.15, 0.2) is 48.5 Å². The standard InChI is InChI=1S/C17H13NO6/c19-16(24-15-4-2-1-3-5-15)7-6-12-8-14(18(20)21)9-13-10-22-11-23-17(12)13/h1-9H,10-11H2. The van der Waals surface area contributed by atoms with E-state index in [4.69, 9.17) is 14.2 Å². The van der Waals surface area contributed by atoms with Gasteiger partial charge >= 0.3 is 5.97 Å². The number of nitro benzene ring substituents is 1. The molecule has 24 heavy (non-hydrogen) atoms. The van der Waals surface area contributed by atoms with Crippen LogP contribution in [-0.4, -0.2) is 17.7 Å². The molecule has 0 amide bonds. The second-order valence-electron chi connectivity index (χ2n) is 4.96. The number of esters is 1. The van der Waals surface area contributed by atoms with Gasteiger partial charge in [0.15, 0.2) is 6.79 Å². The summed E-state index contributed by atoms with van der Waals surface area (Å²) in [7, 11) is 0.